The highest BCUT2D eigenvalue weighted by molar-refractivity contribution is 6.09. The van der Waals surface area contributed by atoms with Crippen molar-refractivity contribution in [2.75, 3.05) is 5.32 Å². The average molecular weight is 334 g/mol. The van der Waals surface area contributed by atoms with E-state index in [2.05, 4.69) is 5.32 Å². The fraction of sp³-hybridized carbons (Fsp3) is 0.0588. The Morgan fingerprint density at radius 2 is 1.71 bits per heavy atom. The van der Waals surface area contributed by atoms with Crippen LogP contribution in [0, 0.1) is 17.1 Å². The van der Waals surface area contributed by atoms with E-state index in [0.717, 1.165) is 24.3 Å². The highest BCUT2D eigenvalue weighted by Crippen LogP contribution is 2.32. The molecule has 7 heteroatoms. The van der Waals surface area contributed by atoms with Crippen LogP contribution in [0.5, 0.6) is 0 Å². The molecule has 0 spiro atoms. The standard InChI is InChI=1S/C17H10F4N2O/c18-14-7-3-4-8-15(14)23-16(24)12(10-22)9-11-5-1-2-6-13(11)17(19,20)21/h1-9H,(H,23,24). The predicted molar refractivity (Wildman–Crippen MR) is 80.1 cm³/mol. The minimum atomic E-state index is -4.63. The van der Waals surface area contributed by atoms with Gasteiger partial charge in [0.2, 0.25) is 0 Å². The first kappa shape index (κ1) is 17.2. The molecule has 2 aromatic carbocycles. The van der Waals surface area contributed by atoms with Gasteiger partial charge in [0.25, 0.3) is 5.91 Å². The number of nitriles is 1. The van der Waals surface area contributed by atoms with Gasteiger partial charge in [-0.2, -0.15) is 18.4 Å². The lowest BCUT2D eigenvalue weighted by Gasteiger charge is -2.10. The Balaban J connectivity index is 2.36. The molecular weight excluding hydrogens is 324 g/mol. The van der Waals surface area contributed by atoms with E-state index in [1.54, 1.807) is 0 Å². The molecule has 0 bridgehead atoms. The first-order valence-corrected chi connectivity index (χ1v) is 6.67. The van der Waals surface area contributed by atoms with Crippen LogP contribution < -0.4 is 5.32 Å². The Kier molecular flexibility index (Phi) is 4.99. The third-order valence-electron chi connectivity index (χ3n) is 3.05. The molecule has 122 valence electrons. The number of alkyl halides is 3. The van der Waals surface area contributed by atoms with Crippen LogP contribution in [-0.2, 0) is 11.0 Å². The van der Waals surface area contributed by atoms with Crippen LogP contribution in [0.2, 0.25) is 0 Å². The number of nitrogens with one attached hydrogen (secondary N) is 1. The van der Waals surface area contributed by atoms with E-state index >= 15 is 0 Å². The van der Waals surface area contributed by atoms with Crippen molar-refractivity contribution in [1.29, 1.82) is 5.26 Å². The van der Waals surface area contributed by atoms with Crippen LogP contribution in [-0.4, -0.2) is 5.91 Å². The summed E-state index contributed by atoms with van der Waals surface area (Å²) in [6.07, 6.45) is -3.81. The molecular formula is C17H10F4N2O. The normalized spacial score (nSPS) is 11.7. The molecule has 0 aromatic heterocycles. The predicted octanol–water partition coefficient (Wildman–Crippen LogP) is 4.39. The number of para-hydroxylation sites is 1. The lowest BCUT2D eigenvalue weighted by Crippen LogP contribution is -2.15. The van der Waals surface area contributed by atoms with Crippen molar-refractivity contribution in [1.82, 2.24) is 0 Å². The van der Waals surface area contributed by atoms with E-state index in [1.165, 1.54) is 36.4 Å². The number of anilines is 1. The third-order valence-corrected chi connectivity index (χ3v) is 3.05. The molecule has 0 saturated heterocycles. The maximum atomic E-state index is 13.5. The van der Waals surface area contributed by atoms with Crippen molar-refractivity contribution in [2.24, 2.45) is 0 Å². The summed E-state index contributed by atoms with van der Waals surface area (Å²) in [4.78, 5) is 12.0. The third kappa shape index (κ3) is 3.98. The summed E-state index contributed by atoms with van der Waals surface area (Å²) in [7, 11) is 0. The number of carbonyl (C=O) groups excluding carboxylic acids is 1. The number of benzene rings is 2. The van der Waals surface area contributed by atoms with E-state index in [-0.39, 0.29) is 11.3 Å². The van der Waals surface area contributed by atoms with Crippen molar-refractivity contribution < 1.29 is 22.4 Å². The second-order valence-corrected chi connectivity index (χ2v) is 4.69. The van der Waals surface area contributed by atoms with Gasteiger partial charge < -0.3 is 5.32 Å². The zero-order valence-electron chi connectivity index (χ0n) is 12.1. The molecule has 1 amide bonds. The molecule has 0 fully saturated rings. The molecule has 3 nitrogen and oxygen atoms in total. The molecule has 0 radical (unpaired) electrons. The summed E-state index contributed by atoms with van der Waals surface area (Å²) in [5.74, 6) is -1.72. The van der Waals surface area contributed by atoms with E-state index in [1.807, 2.05) is 0 Å². The fourth-order valence-electron chi connectivity index (χ4n) is 1.94. The van der Waals surface area contributed by atoms with Gasteiger partial charge >= 0.3 is 6.18 Å². The largest absolute Gasteiger partial charge is 0.416 e. The summed E-state index contributed by atoms with van der Waals surface area (Å²) in [6.45, 7) is 0. The molecule has 2 rings (SSSR count). The molecule has 0 aliphatic rings. The van der Waals surface area contributed by atoms with Gasteiger partial charge in [-0.05, 0) is 29.8 Å². The first-order valence-electron chi connectivity index (χ1n) is 6.67. The van der Waals surface area contributed by atoms with Gasteiger partial charge in [-0.3, -0.25) is 4.79 Å². The maximum Gasteiger partial charge on any atom is 0.416 e. The monoisotopic (exact) mass is 334 g/mol. The van der Waals surface area contributed by atoms with E-state index in [9.17, 15) is 22.4 Å². The number of halogens is 4. The highest BCUT2D eigenvalue weighted by Gasteiger charge is 2.32. The summed E-state index contributed by atoms with van der Waals surface area (Å²) in [5.41, 5.74) is -2.05. The Labute approximate surface area is 134 Å². The molecule has 0 saturated carbocycles. The zero-order chi connectivity index (χ0) is 17.7. The molecule has 0 aliphatic heterocycles. The second-order valence-electron chi connectivity index (χ2n) is 4.69. The quantitative estimate of drug-likeness (QED) is 0.514. The van der Waals surface area contributed by atoms with Crippen LogP contribution in [0.4, 0.5) is 23.2 Å². The summed E-state index contributed by atoms with van der Waals surface area (Å²) in [6, 6.07) is 11.3. The summed E-state index contributed by atoms with van der Waals surface area (Å²) < 4.78 is 52.3. The van der Waals surface area contributed by atoms with Gasteiger partial charge in [0.05, 0.1) is 11.3 Å². The molecule has 2 aromatic rings. The van der Waals surface area contributed by atoms with Crippen molar-refractivity contribution in [2.45, 2.75) is 6.18 Å². The Bertz CT molecular complexity index is 835. The number of amides is 1. The number of nitrogens with zero attached hydrogens (tertiary/aromatic N) is 1. The Hall–Kier alpha value is -3.14. The molecule has 0 aliphatic carbocycles. The number of hydrogen-bond acceptors (Lipinski definition) is 2. The SMILES string of the molecule is N#CC(=Cc1ccccc1C(F)(F)F)C(=O)Nc1ccccc1F. The second kappa shape index (κ2) is 6.96. The average Bonchev–Trinajstić information content (AvgIpc) is 2.54. The highest BCUT2D eigenvalue weighted by atomic mass is 19.4. The fourth-order valence-corrected chi connectivity index (χ4v) is 1.94. The van der Waals surface area contributed by atoms with E-state index < -0.39 is 29.0 Å². The Morgan fingerprint density at radius 1 is 1.08 bits per heavy atom. The van der Waals surface area contributed by atoms with Gasteiger partial charge in [0, 0.05) is 0 Å². The minimum Gasteiger partial charge on any atom is -0.319 e. The number of hydrogen-bond donors (Lipinski definition) is 1. The Morgan fingerprint density at radius 3 is 2.33 bits per heavy atom. The summed E-state index contributed by atoms with van der Waals surface area (Å²) in [5, 5.41) is 11.2. The van der Waals surface area contributed by atoms with E-state index in [4.69, 9.17) is 5.26 Å². The van der Waals surface area contributed by atoms with Crippen LogP contribution in [0.1, 0.15) is 11.1 Å². The number of rotatable bonds is 3. The van der Waals surface area contributed by atoms with Crippen LogP contribution >= 0.6 is 0 Å². The van der Waals surface area contributed by atoms with Gasteiger partial charge in [-0.1, -0.05) is 30.3 Å². The van der Waals surface area contributed by atoms with Gasteiger partial charge in [0.15, 0.2) is 0 Å². The van der Waals surface area contributed by atoms with Crippen molar-refractivity contribution in [3.05, 3.63) is 71.0 Å². The lowest BCUT2D eigenvalue weighted by atomic mass is 10.0. The minimum absolute atomic E-state index is 0.173. The molecule has 1 N–H and O–H groups in total. The van der Waals surface area contributed by atoms with Crippen molar-refractivity contribution >= 4 is 17.7 Å². The van der Waals surface area contributed by atoms with E-state index in [0.29, 0.717) is 0 Å². The molecule has 24 heavy (non-hydrogen) atoms. The zero-order valence-corrected chi connectivity index (χ0v) is 12.1. The molecule has 0 heterocycles. The van der Waals surface area contributed by atoms with Crippen LogP contribution in [0.3, 0.4) is 0 Å². The summed E-state index contributed by atoms with van der Waals surface area (Å²) >= 11 is 0. The van der Waals surface area contributed by atoms with Gasteiger partial charge in [0.1, 0.15) is 17.5 Å². The van der Waals surface area contributed by atoms with Gasteiger partial charge in [-0.15, -0.1) is 0 Å². The van der Waals surface area contributed by atoms with Crippen molar-refractivity contribution in [3.63, 3.8) is 0 Å². The van der Waals surface area contributed by atoms with Crippen LogP contribution in [0.15, 0.2) is 54.1 Å². The first-order chi connectivity index (χ1) is 11.3. The topological polar surface area (TPSA) is 52.9 Å². The number of carbonyl (C=O) groups is 1. The maximum absolute atomic E-state index is 13.5. The smallest absolute Gasteiger partial charge is 0.319 e. The van der Waals surface area contributed by atoms with Gasteiger partial charge in [-0.25, -0.2) is 4.39 Å². The molecule has 0 unspecified atom stereocenters. The molecule has 0 atom stereocenters. The van der Waals surface area contributed by atoms with Crippen LogP contribution in [0.25, 0.3) is 6.08 Å². The lowest BCUT2D eigenvalue weighted by molar-refractivity contribution is -0.137. The van der Waals surface area contributed by atoms with Crippen molar-refractivity contribution in [3.8, 4) is 6.07 Å².